The molecule has 90 valence electrons. The zero-order valence-corrected chi connectivity index (χ0v) is 9.70. The van der Waals surface area contributed by atoms with Crippen LogP contribution in [-0.4, -0.2) is 19.3 Å². The molecular weight excluding hydrogens is 209 g/mol. The van der Waals surface area contributed by atoms with Crippen molar-refractivity contribution in [1.29, 1.82) is 0 Å². The van der Waals surface area contributed by atoms with E-state index in [0.717, 1.165) is 5.56 Å². The molecule has 0 radical (unpaired) electrons. The summed E-state index contributed by atoms with van der Waals surface area (Å²) in [6.07, 6.45) is 0.00408. The SMILES string of the molecule is CCOCC(C)OCc1ccc(F)cc1N. The maximum Gasteiger partial charge on any atom is 0.125 e. The molecule has 0 aliphatic heterocycles. The van der Waals surface area contributed by atoms with Gasteiger partial charge in [-0.15, -0.1) is 0 Å². The fourth-order valence-corrected chi connectivity index (χ4v) is 1.26. The third kappa shape index (κ3) is 4.16. The van der Waals surface area contributed by atoms with E-state index in [-0.39, 0.29) is 11.9 Å². The van der Waals surface area contributed by atoms with Gasteiger partial charge in [-0.25, -0.2) is 4.39 Å². The normalized spacial score (nSPS) is 12.7. The molecule has 0 heterocycles. The number of ether oxygens (including phenoxy) is 2. The molecule has 1 atom stereocenters. The van der Waals surface area contributed by atoms with E-state index in [2.05, 4.69) is 0 Å². The van der Waals surface area contributed by atoms with Crippen LogP contribution in [-0.2, 0) is 16.1 Å². The molecule has 0 aliphatic carbocycles. The highest BCUT2D eigenvalue weighted by Gasteiger charge is 2.05. The van der Waals surface area contributed by atoms with Crippen molar-refractivity contribution in [3.63, 3.8) is 0 Å². The molecule has 0 saturated heterocycles. The summed E-state index contributed by atoms with van der Waals surface area (Å²) in [4.78, 5) is 0. The average Bonchev–Trinajstić information content (AvgIpc) is 2.25. The largest absolute Gasteiger partial charge is 0.398 e. The first-order valence-corrected chi connectivity index (χ1v) is 5.36. The second kappa shape index (κ2) is 6.45. The van der Waals surface area contributed by atoms with Gasteiger partial charge in [-0.1, -0.05) is 6.07 Å². The molecule has 0 bridgehead atoms. The predicted octanol–water partition coefficient (Wildman–Crippen LogP) is 2.35. The van der Waals surface area contributed by atoms with Crippen molar-refractivity contribution in [1.82, 2.24) is 0 Å². The molecule has 0 spiro atoms. The molecule has 3 nitrogen and oxygen atoms in total. The maximum absolute atomic E-state index is 12.8. The van der Waals surface area contributed by atoms with Crippen molar-refractivity contribution in [2.75, 3.05) is 18.9 Å². The van der Waals surface area contributed by atoms with E-state index < -0.39 is 0 Å². The van der Waals surface area contributed by atoms with E-state index in [1.165, 1.54) is 12.1 Å². The highest BCUT2D eigenvalue weighted by Crippen LogP contribution is 2.15. The van der Waals surface area contributed by atoms with Crippen LogP contribution < -0.4 is 5.73 Å². The Kier molecular flexibility index (Phi) is 5.22. The number of nitrogen functional groups attached to an aromatic ring is 1. The summed E-state index contributed by atoms with van der Waals surface area (Å²) < 4.78 is 23.5. The van der Waals surface area contributed by atoms with Gasteiger partial charge in [0.15, 0.2) is 0 Å². The molecule has 0 fully saturated rings. The number of nitrogens with two attached hydrogens (primary N) is 1. The zero-order chi connectivity index (χ0) is 12.0. The summed E-state index contributed by atoms with van der Waals surface area (Å²) in [5.74, 6) is -0.330. The second-order valence-corrected chi connectivity index (χ2v) is 3.62. The maximum atomic E-state index is 12.8. The molecule has 0 aromatic heterocycles. The molecule has 1 rings (SSSR count). The Morgan fingerprint density at radius 3 is 2.81 bits per heavy atom. The summed E-state index contributed by atoms with van der Waals surface area (Å²) in [5.41, 5.74) is 6.87. The summed E-state index contributed by atoms with van der Waals surface area (Å²) in [6, 6.07) is 4.31. The van der Waals surface area contributed by atoms with Gasteiger partial charge >= 0.3 is 0 Å². The fourth-order valence-electron chi connectivity index (χ4n) is 1.26. The van der Waals surface area contributed by atoms with Crippen molar-refractivity contribution in [3.05, 3.63) is 29.6 Å². The van der Waals surface area contributed by atoms with Crippen LogP contribution in [0.4, 0.5) is 10.1 Å². The van der Waals surface area contributed by atoms with Crippen LogP contribution in [0.15, 0.2) is 18.2 Å². The lowest BCUT2D eigenvalue weighted by Gasteiger charge is -2.13. The van der Waals surface area contributed by atoms with Crippen LogP contribution in [0.5, 0.6) is 0 Å². The van der Waals surface area contributed by atoms with Gasteiger partial charge in [0, 0.05) is 17.9 Å². The van der Waals surface area contributed by atoms with Crippen molar-refractivity contribution < 1.29 is 13.9 Å². The number of hydrogen-bond acceptors (Lipinski definition) is 3. The smallest absolute Gasteiger partial charge is 0.125 e. The van der Waals surface area contributed by atoms with E-state index in [9.17, 15) is 4.39 Å². The highest BCUT2D eigenvalue weighted by molar-refractivity contribution is 5.46. The Bertz CT molecular complexity index is 331. The lowest BCUT2D eigenvalue weighted by Crippen LogP contribution is -2.16. The Labute approximate surface area is 95.4 Å². The summed E-state index contributed by atoms with van der Waals surface area (Å²) in [7, 11) is 0. The monoisotopic (exact) mass is 227 g/mol. The molecule has 1 unspecified atom stereocenters. The van der Waals surface area contributed by atoms with Gasteiger partial charge in [-0.05, 0) is 26.0 Å². The van der Waals surface area contributed by atoms with Crippen LogP contribution in [0.3, 0.4) is 0 Å². The van der Waals surface area contributed by atoms with E-state index in [1.54, 1.807) is 6.07 Å². The van der Waals surface area contributed by atoms with Crippen molar-refractivity contribution >= 4 is 5.69 Å². The molecule has 16 heavy (non-hydrogen) atoms. The van der Waals surface area contributed by atoms with Gasteiger partial charge < -0.3 is 15.2 Å². The lowest BCUT2D eigenvalue weighted by atomic mass is 10.2. The fraction of sp³-hybridized carbons (Fsp3) is 0.500. The minimum atomic E-state index is -0.330. The quantitative estimate of drug-likeness (QED) is 0.759. The van der Waals surface area contributed by atoms with Gasteiger partial charge in [-0.2, -0.15) is 0 Å². The first kappa shape index (κ1) is 12.9. The highest BCUT2D eigenvalue weighted by atomic mass is 19.1. The average molecular weight is 227 g/mol. The number of rotatable bonds is 6. The molecule has 1 aromatic carbocycles. The topological polar surface area (TPSA) is 44.5 Å². The Morgan fingerprint density at radius 1 is 1.44 bits per heavy atom. The van der Waals surface area contributed by atoms with E-state index >= 15 is 0 Å². The number of halogens is 1. The minimum Gasteiger partial charge on any atom is -0.398 e. The molecule has 4 heteroatoms. The molecule has 2 N–H and O–H groups in total. The number of anilines is 1. The summed E-state index contributed by atoms with van der Waals surface area (Å²) in [6.45, 7) is 5.46. The minimum absolute atomic E-state index is 0.00408. The first-order valence-electron chi connectivity index (χ1n) is 5.36. The summed E-state index contributed by atoms with van der Waals surface area (Å²) in [5, 5.41) is 0. The molecule has 0 amide bonds. The Morgan fingerprint density at radius 2 is 2.19 bits per heavy atom. The van der Waals surface area contributed by atoms with Gasteiger partial charge in [0.2, 0.25) is 0 Å². The molecule has 1 aromatic rings. The zero-order valence-electron chi connectivity index (χ0n) is 9.70. The predicted molar refractivity (Wildman–Crippen MR) is 61.6 cm³/mol. The Balaban J connectivity index is 2.42. The van der Waals surface area contributed by atoms with E-state index in [1.807, 2.05) is 13.8 Å². The van der Waals surface area contributed by atoms with E-state index in [0.29, 0.717) is 25.5 Å². The molecule has 0 aliphatic rings. The van der Waals surface area contributed by atoms with Crippen LogP contribution >= 0.6 is 0 Å². The number of benzene rings is 1. The van der Waals surface area contributed by atoms with Crippen molar-refractivity contribution in [2.45, 2.75) is 26.6 Å². The van der Waals surface area contributed by atoms with Crippen molar-refractivity contribution in [2.24, 2.45) is 0 Å². The summed E-state index contributed by atoms with van der Waals surface area (Å²) >= 11 is 0. The lowest BCUT2D eigenvalue weighted by molar-refractivity contribution is -0.0114. The van der Waals surface area contributed by atoms with Gasteiger partial charge in [-0.3, -0.25) is 0 Å². The number of hydrogen-bond donors (Lipinski definition) is 1. The van der Waals surface area contributed by atoms with Crippen LogP contribution in [0.2, 0.25) is 0 Å². The molecule has 0 saturated carbocycles. The second-order valence-electron chi connectivity index (χ2n) is 3.62. The van der Waals surface area contributed by atoms with Gasteiger partial charge in [0.05, 0.1) is 19.3 Å². The first-order chi connectivity index (χ1) is 7.63. The van der Waals surface area contributed by atoms with Gasteiger partial charge in [0.25, 0.3) is 0 Å². The van der Waals surface area contributed by atoms with E-state index in [4.69, 9.17) is 15.2 Å². The van der Waals surface area contributed by atoms with Crippen molar-refractivity contribution in [3.8, 4) is 0 Å². The van der Waals surface area contributed by atoms with Crippen LogP contribution in [0, 0.1) is 5.82 Å². The van der Waals surface area contributed by atoms with Crippen LogP contribution in [0.1, 0.15) is 19.4 Å². The Hall–Kier alpha value is -1.13. The molecular formula is C12H18FNO2. The van der Waals surface area contributed by atoms with Gasteiger partial charge in [0.1, 0.15) is 5.82 Å². The van der Waals surface area contributed by atoms with Crippen LogP contribution in [0.25, 0.3) is 0 Å². The standard InChI is InChI=1S/C12H18FNO2/c1-3-15-7-9(2)16-8-10-4-5-11(13)6-12(10)14/h4-6,9H,3,7-8,14H2,1-2H3. The third-order valence-electron chi connectivity index (χ3n) is 2.19. The third-order valence-corrected chi connectivity index (χ3v) is 2.19.